The van der Waals surface area contributed by atoms with Gasteiger partial charge in [-0.1, -0.05) is 49.8 Å². The summed E-state index contributed by atoms with van der Waals surface area (Å²) < 4.78 is 6.28. The predicted octanol–water partition coefficient (Wildman–Crippen LogP) is 5.81. The Morgan fingerprint density at radius 3 is 2.70 bits per heavy atom. The topological polar surface area (TPSA) is 9.23 Å². The molecular formula is C19H24O. The first-order chi connectivity index (χ1) is 9.81. The fourth-order valence-corrected chi connectivity index (χ4v) is 2.75. The van der Waals surface area contributed by atoms with E-state index in [0.717, 1.165) is 25.0 Å². The molecule has 1 aromatic carbocycles. The molecule has 0 bridgehead atoms. The lowest BCUT2D eigenvalue weighted by Gasteiger charge is -2.30. The molecule has 0 aromatic heterocycles. The SMILES string of the molecule is C=CCC1=C(CCCC)OC(CC=C)c2ccccc21. The molecule has 1 aliphatic heterocycles. The third kappa shape index (κ3) is 3.04. The maximum Gasteiger partial charge on any atom is 0.127 e. The van der Waals surface area contributed by atoms with Crippen LogP contribution in [0.3, 0.4) is 0 Å². The summed E-state index contributed by atoms with van der Waals surface area (Å²) in [6.07, 6.45) is 9.12. The van der Waals surface area contributed by atoms with E-state index < -0.39 is 0 Å². The van der Waals surface area contributed by atoms with Gasteiger partial charge >= 0.3 is 0 Å². The molecular weight excluding hydrogens is 244 g/mol. The number of allylic oxidation sites excluding steroid dienone is 3. The van der Waals surface area contributed by atoms with E-state index in [-0.39, 0.29) is 6.10 Å². The smallest absolute Gasteiger partial charge is 0.127 e. The van der Waals surface area contributed by atoms with E-state index in [0.29, 0.717) is 0 Å². The van der Waals surface area contributed by atoms with Crippen LogP contribution in [0, 0.1) is 0 Å². The average Bonchev–Trinajstić information content (AvgIpc) is 2.48. The summed E-state index contributed by atoms with van der Waals surface area (Å²) in [6, 6.07) is 8.57. The molecule has 0 fully saturated rings. The van der Waals surface area contributed by atoms with E-state index in [1.165, 1.54) is 29.5 Å². The molecule has 0 saturated carbocycles. The molecule has 20 heavy (non-hydrogen) atoms. The summed E-state index contributed by atoms with van der Waals surface area (Å²) in [5.41, 5.74) is 3.92. The van der Waals surface area contributed by atoms with Crippen molar-refractivity contribution in [2.45, 2.75) is 45.1 Å². The van der Waals surface area contributed by atoms with Crippen LogP contribution in [-0.2, 0) is 4.74 Å². The van der Waals surface area contributed by atoms with E-state index in [4.69, 9.17) is 4.74 Å². The highest BCUT2D eigenvalue weighted by atomic mass is 16.5. The van der Waals surface area contributed by atoms with Crippen LogP contribution >= 0.6 is 0 Å². The van der Waals surface area contributed by atoms with Crippen LogP contribution in [0.4, 0.5) is 0 Å². The van der Waals surface area contributed by atoms with Crippen molar-refractivity contribution < 1.29 is 4.74 Å². The van der Waals surface area contributed by atoms with Crippen LogP contribution in [0.2, 0.25) is 0 Å². The quantitative estimate of drug-likeness (QED) is 0.567. The summed E-state index contributed by atoms with van der Waals surface area (Å²) in [5.74, 6) is 1.15. The average molecular weight is 268 g/mol. The summed E-state index contributed by atoms with van der Waals surface area (Å²) in [5, 5.41) is 0. The van der Waals surface area contributed by atoms with Gasteiger partial charge < -0.3 is 4.74 Å². The van der Waals surface area contributed by atoms with Crippen LogP contribution in [-0.4, -0.2) is 0 Å². The van der Waals surface area contributed by atoms with Crippen molar-refractivity contribution in [2.75, 3.05) is 0 Å². The molecule has 0 saturated heterocycles. The second kappa shape index (κ2) is 7.14. The third-order valence-electron chi connectivity index (χ3n) is 3.74. The first-order valence-electron chi connectivity index (χ1n) is 7.51. The van der Waals surface area contributed by atoms with Gasteiger partial charge in [-0.2, -0.15) is 0 Å². The van der Waals surface area contributed by atoms with Crippen molar-refractivity contribution in [1.82, 2.24) is 0 Å². The zero-order valence-electron chi connectivity index (χ0n) is 12.4. The molecule has 1 nitrogen and oxygen atoms in total. The molecule has 1 atom stereocenters. The fourth-order valence-electron chi connectivity index (χ4n) is 2.75. The molecule has 1 aliphatic rings. The molecule has 0 aliphatic carbocycles. The molecule has 0 spiro atoms. The van der Waals surface area contributed by atoms with Gasteiger partial charge in [-0.3, -0.25) is 0 Å². The monoisotopic (exact) mass is 268 g/mol. The van der Waals surface area contributed by atoms with E-state index in [9.17, 15) is 0 Å². The Hall–Kier alpha value is -1.76. The summed E-state index contributed by atoms with van der Waals surface area (Å²) in [7, 11) is 0. The zero-order chi connectivity index (χ0) is 14.4. The summed E-state index contributed by atoms with van der Waals surface area (Å²) in [4.78, 5) is 0. The van der Waals surface area contributed by atoms with Gasteiger partial charge in [0.1, 0.15) is 11.9 Å². The molecule has 0 radical (unpaired) electrons. The fraction of sp³-hybridized carbons (Fsp3) is 0.368. The van der Waals surface area contributed by atoms with Gasteiger partial charge in [0.25, 0.3) is 0 Å². The Labute approximate surface area is 122 Å². The number of benzene rings is 1. The Morgan fingerprint density at radius 1 is 1.20 bits per heavy atom. The van der Waals surface area contributed by atoms with Crippen molar-refractivity contribution in [2.24, 2.45) is 0 Å². The number of unbranched alkanes of at least 4 members (excludes halogenated alkanes) is 1. The minimum Gasteiger partial charge on any atom is -0.489 e. The number of rotatable bonds is 7. The predicted molar refractivity (Wildman–Crippen MR) is 86.3 cm³/mol. The molecule has 1 heterocycles. The first-order valence-corrected chi connectivity index (χ1v) is 7.51. The molecule has 106 valence electrons. The number of ether oxygens (including phenoxy) is 1. The summed E-state index contributed by atoms with van der Waals surface area (Å²) >= 11 is 0. The van der Waals surface area contributed by atoms with Crippen molar-refractivity contribution in [1.29, 1.82) is 0 Å². The van der Waals surface area contributed by atoms with Gasteiger partial charge in [-0.25, -0.2) is 0 Å². The molecule has 2 rings (SSSR count). The Balaban J connectivity index is 2.44. The second-order valence-corrected chi connectivity index (χ2v) is 5.22. The highest BCUT2D eigenvalue weighted by molar-refractivity contribution is 5.72. The lowest BCUT2D eigenvalue weighted by Crippen LogP contribution is -2.14. The Morgan fingerprint density at radius 2 is 2.00 bits per heavy atom. The molecule has 0 N–H and O–H groups in total. The lowest BCUT2D eigenvalue weighted by atomic mass is 9.89. The van der Waals surface area contributed by atoms with Gasteiger partial charge in [0.05, 0.1) is 0 Å². The maximum atomic E-state index is 6.28. The number of fused-ring (bicyclic) bond motifs is 1. The second-order valence-electron chi connectivity index (χ2n) is 5.22. The van der Waals surface area contributed by atoms with Crippen molar-refractivity contribution in [3.63, 3.8) is 0 Å². The lowest BCUT2D eigenvalue weighted by molar-refractivity contribution is 0.107. The van der Waals surface area contributed by atoms with E-state index in [1.807, 2.05) is 12.2 Å². The molecule has 0 amide bonds. The minimum atomic E-state index is 0.115. The van der Waals surface area contributed by atoms with Crippen molar-refractivity contribution in [3.8, 4) is 0 Å². The van der Waals surface area contributed by atoms with Crippen LogP contribution in [0.15, 0.2) is 55.3 Å². The highest BCUT2D eigenvalue weighted by Crippen LogP contribution is 2.41. The standard InChI is InChI=1S/C19H24O/c1-4-7-14-19-16(10-5-2)15-12-8-9-13-17(15)18(20-19)11-6-3/h5-6,8-9,12-13,18H,2-4,7,10-11,14H2,1H3. The van der Waals surface area contributed by atoms with Crippen LogP contribution in [0.1, 0.15) is 56.3 Å². The van der Waals surface area contributed by atoms with E-state index in [2.05, 4.69) is 44.3 Å². The Bertz CT molecular complexity index is 510. The third-order valence-corrected chi connectivity index (χ3v) is 3.74. The molecule has 1 aromatic rings. The normalized spacial score (nSPS) is 17.4. The number of hydrogen-bond acceptors (Lipinski definition) is 1. The van der Waals surface area contributed by atoms with Crippen LogP contribution in [0.5, 0.6) is 0 Å². The zero-order valence-corrected chi connectivity index (χ0v) is 12.4. The van der Waals surface area contributed by atoms with E-state index in [1.54, 1.807) is 0 Å². The van der Waals surface area contributed by atoms with E-state index >= 15 is 0 Å². The first kappa shape index (κ1) is 14.6. The molecule has 1 heteroatoms. The minimum absolute atomic E-state index is 0.115. The highest BCUT2D eigenvalue weighted by Gasteiger charge is 2.25. The van der Waals surface area contributed by atoms with Crippen molar-refractivity contribution in [3.05, 3.63) is 66.5 Å². The Kier molecular flexibility index (Phi) is 5.23. The van der Waals surface area contributed by atoms with Gasteiger partial charge in [-0.15, -0.1) is 13.2 Å². The van der Waals surface area contributed by atoms with Crippen LogP contribution in [0.25, 0.3) is 5.57 Å². The number of hydrogen-bond donors (Lipinski definition) is 0. The van der Waals surface area contributed by atoms with Gasteiger partial charge in [0.15, 0.2) is 0 Å². The largest absolute Gasteiger partial charge is 0.489 e. The van der Waals surface area contributed by atoms with Gasteiger partial charge in [-0.05, 0) is 18.4 Å². The van der Waals surface area contributed by atoms with Crippen molar-refractivity contribution >= 4 is 5.57 Å². The van der Waals surface area contributed by atoms with Gasteiger partial charge in [0.2, 0.25) is 0 Å². The summed E-state index contributed by atoms with van der Waals surface area (Å²) in [6.45, 7) is 9.96. The maximum absolute atomic E-state index is 6.28. The van der Waals surface area contributed by atoms with Crippen LogP contribution < -0.4 is 0 Å². The molecule has 1 unspecified atom stereocenters. The van der Waals surface area contributed by atoms with Gasteiger partial charge in [0, 0.05) is 24.0 Å².